The Hall–Kier alpha value is -3.19. The Labute approximate surface area is 166 Å². The summed E-state index contributed by atoms with van der Waals surface area (Å²) in [5, 5.41) is 11.9. The van der Waals surface area contributed by atoms with Gasteiger partial charge in [-0.3, -0.25) is 9.78 Å². The highest BCUT2D eigenvalue weighted by Gasteiger charge is 2.13. The molecule has 0 unspecified atom stereocenters. The number of hydrogen-bond acceptors (Lipinski definition) is 6. The van der Waals surface area contributed by atoms with Gasteiger partial charge in [0.15, 0.2) is 0 Å². The van der Waals surface area contributed by atoms with Gasteiger partial charge in [0.2, 0.25) is 17.7 Å². The number of amides is 1. The molecule has 2 aromatic carbocycles. The van der Waals surface area contributed by atoms with Gasteiger partial charge in [0, 0.05) is 28.6 Å². The van der Waals surface area contributed by atoms with Crippen LogP contribution in [0.2, 0.25) is 0 Å². The van der Waals surface area contributed by atoms with E-state index in [1.165, 1.54) is 4.90 Å². The van der Waals surface area contributed by atoms with Crippen LogP contribution in [-0.2, 0) is 17.8 Å². The van der Waals surface area contributed by atoms with Crippen molar-refractivity contribution in [3.8, 4) is 11.5 Å². The molecule has 6 nitrogen and oxygen atoms in total. The lowest BCUT2D eigenvalue weighted by molar-refractivity contribution is -0.120. The summed E-state index contributed by atoms with van der Waals surface area (Å²) in [6.45, 7) is 0.464. The van der Waals surface area contributed by atoms with Crippen LogP contribution in [0.3, 0.4) is 0 Å². The van der Waals surface area contributed by atoms with Crippen molar-refractivity contribution in [2.75, 3.05) is 6.26 Å². The molecular formula is C21H18N4O2S. The quantitative estimate of drug-likeness (QED) is 0.504. The van der Waals surface area contributed by atoms with Crippen LogP contribution in [0.5, 0.6) is 0 Å². The number of carbonyl (C=O) groups is 1. The van der Waals surface area contributed by atoms with Crippen LogP contribution in [0, 0.1) is 0 Å². The summed E-state index contributed by atoms with van der Waals surface area (Å²) in [5.74, 6) is 0.518. The second-order valence-electron chi connectivity index (χ2n) is 6.21. The smallest absolute Gasteiger partial charge is 0.247 e. The summed E-state index contributed by atoms with van der Waals surface area (Å²) in [7, 11) is 0. The summed E-state index contributed by atoms with van der Waals surface area (Å²) in [5.41, 5.74) is 2.74. The summed E-state index contributed by atoms with van der Waals surface area (Å²) in [6.07, 6.45) is 3.83. The Morgan fingerprint density at radius 1 is 1.11 bits per heavy atom. The summed E-state index contributed by atoms with van der Waals surface area (Å²) in [6, 6.07) is 17.7. The van der Waals surface area contributed by atoms with Gasteiger partial charge in [-0.15, -0.1) is 22.0 Å². The van der Waals surface area contributed by atoms with Crippen molar-refractivity contribution in [2.24, 2.45) is 0 Å². The van der Waals surface area contributed by atoms with Gasteiger partial charge >= 0.3 is 0 Å². The first kappa shape index (κ1) is 18.2. The lowest BCUT2D eigenvalue weighted by Crippen LogP contribution is -2.24. The third-order valence-electron chi connectivity index (χ3n) is 4.28. The molecule has 4 rings (SSSR count). The second-order valence-corrected chi connectivity index (χ2v) is 7.09. The highest BCUT2D eigenvalue weighted by atomic mass is 32.2. The average molecular weight is 390 g/mol. The monoisotopic (exact) mass is 390 g/mol. The van der Waals surface area contributed by atoms with Crippen molar-refractivity contribution in [2.45, 2.75) is 17.9 Å². The number of benzene rings is 2. The summed E-state index contributed by atoms with van der Waals surface area (Å²) in [4.78, 5) is 17.7. The molecule has 0 aliphatic carbocycles. The van der Waals surface area contributed by atoms with E-state index >= 15 is 0 Å². The number of aromatic nitrogens is 3. The SMILES string of the molecule is CSc1ccc(CNC(=O)Cc2nnc(-c3ccc4ncccc4c3)o2)cc1. The van der Waals surface area contributed by atoms with Crippen LogP contribution in [0.1, 0.15) is 11.5 Å². The maximum atomic E-state index is 12.2. The van der Waals surface area contributed by atoms with E-state index in [1.807, 2.05) is 60.9 Å². The molecule has 2 heterocycles. The van der Waals surface area contributed by atoms with Crippen molar-refractivity contribution >= 4 is 28.6 Å². The number of nitrogens with zero attached hydrogens (tertiary/aromatic N) is 3. The lowest BCUT2D eigenvalue weighted by atomic mass is 10.1. The maximum Gasteiger partial charge on any atom is 0.247 e. The summed E-state index contributed by atoms with van der Waals surface area (Å²) < 4.78 is 5.67. The number of hydrogen-bond donors (Lipinski definition) is 1. The number of pyridine rings is 1. The molecule has 0 bridgehead atoms. The van der Waals surface area contributed by atoms with Gasteiger partial charge < -0.3 is 9.73 Å². The Morgan fingerprint density at radius 3 is 2.79 bits per heavy atom. The van der Waals surface area contributed by atoms with Crippen molar-refractivity contribution in [3.05, 3.63) is 72.2 Å². The predicted octanol–water partition coefficient (Wildman–Crippen LogP) is 3.87. The molecule has 0 aliphatic rings. The topological polar surface area (TPSA) is 80.9 Å². The van der Waals surface area contributed by atoms with Gasteiger partial charge in [0.25, 0.3) is 0 Å². The molecule has 1 amide bonds. The van der Waals surface area contributed by atoms with E-state index in [1.54, 1.807) is 18.0 Å². The number of fused-ring (bicyclic) bond motifs is 1. The minimum Gasteiger partial charge on any atom is -0.420 e. The van der Waals surface area contributed by atoms with Crippen LogP contribution < -0.4 is 5.32 Å². The molecule has 1 N–H and O–H groups in total. The third-order valence-corrected chi connectivity index (χ3v) is 5.02. The molecule has 140 valence electrons. The third kappa shape index (κ3) is 4.20. The Morgan fingerprint density at radius 2 is 1.96 bits per heavy atom. The minimum absolute atomic E-state index is 0.0467. The van der Waals surface area contributed by atoms with Gasteiger partial charge in [0.05, 0.1) is 5.52 Å². The number of thioether (sulfide) groups is 1. The largest absolute Gasteiger partial charge is 0.420 e. The highest BCUT2D eigenvalue weighted by molar-refractivity contribution is 7.98. The van der Waals surface area contributed by atoms with Crippen LogP contribution >= 0.6 is 11.8 Å². The molecule has 0 saturated carbocycles. The molecule has 0 radical (unpaired) electrons. The fraction of sp³-hybridized carbons (Fsp3) is 0.143. The molecule has 0 atom stereocenters. The second kappa shape index (κ2) is 8.22. The van der Waals surface area contributed by atoms with Gasteiger partial charge in [0.1, 0.15) is 6.42 Å². The van der Waals surface area contributed by atoms with Crippen LogP contribution in [0.25, 0.3) is 22.4 Å². The fourth-order valence-corrected chi connectivity index (χ4v) is 3.20. The van der Waals surface area contributed by atoms with E-state index in [2.05, 4.69) is 20.5 Å². The summed E-state index contributed by atoms with van der Waals surface area (Å²) >= 11 is 1.69. The van der Waals surface area contributed by atoms with E-state index in [4.69, 9.17) is 4.42 Å². The zero-order valence-corrected chi connectivity index (χ0v) is 16.1. The number of carbonyl (C=O) groups excluding carboxylic acids is 1. The zero-order chi connectivity index (χ0) is 19.3. The maximum absolute atomic E-state index is 12.2. The Kier molecular flexibility index (Phi) is 5.34. The van der Waals surface area contributed by atoms with Crippen LogP contribution in [0.15, 0.2) is 70.1 Å². The molecule has 0 saturated heterocycles. The molecule has 2 aromatic heterocycles. The van der Waals surface area contributed by atoms with Crippen molar-refractivity contribution in [1.82, 2.24) is 20.5 Å². The van der Waals surface area contributed by atoms with Gasteiger partial charge in [-0.25, -0.2) is 0 Å². The first-order valence-corrected chi connectivity index (χ1v) is 10.0. The molecular weight excluding hydrogens is 372 g/mol. The lowest BCUT2D eigenvalue weighted by Gasteiger charge is -2.04. The van der Waals surface area contributed by atoms with Gasteiger partial charge in [-0.1, -0.05) is 18.2 Å². The van der Waals surface area contributed by atoms with E-state index < -0.39 is 0 Å². The number of nitrogens with one attached hydrogen (secondary N) is 1. The molecule has 4 aromatic rings. The highest BCUT2D eigenvalue weighted by Crippen LogP contribution is 2.22. The van der Waals surface area contributed by atoms with Crippen molar-refractivity contribution < 1.29 is 9.21 Å². The standard InChI is InChI=1S/C21H18N4O2S/c1-28-17-7-4-14(5-8-17)13-23-19(26)12-20-24-25-21(27-20)16-6-9-18-15(11-16)3-2-10-22-18/h2-11H,12-13H2,1H3,(H,23,26). The molecule has 0 fully saturated rings. The van der Waals surface area contributed by atoms with Crippen molar-refractivity contribution in [3.63, 3.8) is 0 Å². The van der Waals surface area contributed by atoms with Crippen LogP contribution in [-0.4, -0.2) is 27.3 Å². The molecule has 0 spiro atoms. The normalized spacial score (nSPS) is 10.9. The minimum atomic E-state index is -0.160. The average Bonchev–Trinajstić information content (AvgIpc) is 3.20. The zero-order valence-electron chi connectivity index (χ0n) is 15.3. The predicted molar refractivity (Wildman–Crippen MR) is 109 cm³/mol. The Bertz CT molecular complexity index is 1110. The molecule has 28 heavy (non-hydrogen) atoms. The Balaban J connectivity index is 1.38. The molecule has 0 aliphatic heterocycles. The van der Waals surface area contributed by atoms with E-state index in [-0.39, 0.29) is 18.2 Å². The van der Waals surface area contributed by atoms with E-state index in [0.717, 1.165) is 22.0 Å². The fourth-order valence-electron chi connectivity index (χ4n) is 2.79. The van der Waals surface area contributed by atoms with Crippen LogP contribution in [0.4, 0.5) is 0 Å². The van der Waals surface area contributed by atoms with Crippen molar-refractivity contribution in [1.29, 1.82) is 0 Å². The number of rotatable bonds is 6. The van der Waals surface area contributed by atoms with E-state index in [9.17, 15) is 4.79 Å². The first-order valence-electron chi connectivity index (χ1n) is 8.78. The van der Waals surface area contributed by atoms with Gasteiger partial charge in [-0.2, -0.15) is 0 Å². The van der Waals surface area contributed by atoms with Gasteiger partial charge in [-0.05, 0) is 48.2 Å². The van der Waals surface area contributed by atoms with E-state index in [0.29, 0.717) is 12.4 Å². The molecule has 7 heteroatoms. The first-order chi connectivity index (χ1) is 13.7.